The van der Waals surface area contributed by atoms with Crippen LogP contribution in [0.3, 0.4) is 0 Å². The number of non-ortho nitro benzene ring substituents is 1. The third-order valence-electron chi connectivity index (χ3n) is 2.47. The molecule has 1 aromatic carbocycles. The van der Waals surface area contributed by atoms with Gasteiger partial charge in [-0.2, -0.15) is 4.98 Å². The number of hydrogen-bond donors (Lipinski definition) is 2. The van der Waals surface area contributed by atoms with E-state index in [4.69, 9.17) is 20.6 Å². The molecule has 3 N–H and O–H groups in total. The lowest BCUT2D eigenvalue weighted by Crippen LogP contribution is -2.13. The van der Waals surface area contributed by atoms with E-state index in [2.05, 4.69) is 9.97 Å². The molecule has 9 nitrogen and oxygen atoms in total. The van der Waals surface area contributed by atoms with Gasteiger partial charge >= 0.3 is 6.01 Å². The van der Waals surface area contributed by atoms with Gasteiger partial charge in [-0.3, -0.25) is 15.5 Å². The van der Waals surface area contributed by atoms with Gasteiger partial charge < -0.3 is 15.2 Å². The van der Waals surface area contributed by atoms with E-state index in [1.807, 2.05) is 0 Å². The SMILES string of the molecule is COc1cc([N+](=O)[O-])ccc1Oc1nccc(C(=N)N)n1. The van der Waals surface area contributed by atoms with Crippen LogP contribution in [-0.4, -0.2) is 27.8 Å². The quantitative estimate of drug-likeness (QED) is 0.368. The summed E-state index contributed by atoms with van der Waals surface area (Å²) in [5.74, 6) is 0.155. The number of benzene rings is 1. The molecule has 0 aliphatic rings. The van der Waals surface area contributed by atoms with Crippen molar-refractivity contribution in [2.24, 2.45) is 5.73 Å². The highest BCUT2D eigenvalue weighted by molar-refractivity contribution is 5.92. The minimum atomic E-state index is -0.542. The Morgan fingerprint density at radius 1 is 1.38 bits per heavy atom. The summed E-state index contributed by atoms with van der Waals surface area (Å²) in [7, 11) is 1.36. The van der Waals surface area contributed by atoms with Crippen molar-refractivity contribution in [2.45, 2.75) is 0 Å². The monoisotopic (exact) mass is 289 g/mol. The van der Waals surface area contributed by atoms with Gasteiger partial charge in [-0.15, -0.1) is 0 Å². The number of amidine groups is 1. The van der Waals surface area contributed by atoms with Crippen LogP contribution in [0.15, 0.2) is 30.5 Å². The van der Waals surface area contributed by atoms with Crippen LogP contribution in [0.1, 0.15) is 5.69 Å². The van der Waals surface area contributed by atoms with Crippen molar-refractivity contribution in [3.63, 3.8) is 0 Å². The van der Waals surface area contributed by atoms with Crippen molar-refractivity contribution in [1.29, 1.82) is 5.41 Å². The van der Waals surface area contributed by atoms with Gasteiger partial charge in [0.2, 0.25) is 0 Å². The van der Waals surface area contributed by atoms with Crippen LogP contribution >= 0.6 is 0 Å². The first-order chi connectivity index (χ1) is 10.0. The maximum atomic E-state index is 10.7. The summed E-state index contributed by atoms with van der Waals surface area (Å²) in [6, 6.07) is 5.29. The number of nitro groups is 1. The Morgan fingerprint density at radius 2 is 2.14 bits per heavy atom. The van der Waals surface area contributed by atoms with E-state index in [1.54, 1.807) is 0 Å². The molecule has 1 heterocycles. The molecule has 0 amide bonds. The van der Waals surface area contributed by atoms with Crippen LogP contribution in [0, 0.1) is 15.5 Å². The first-order valence-electron chi connectivity index (χ1n) is 5.69. The van der Waals surface area contributed by atoms with Crippen LogP contribution in [0.4, 0.5) is 5.69 Å². The Bertz CT molecular complexity index is 704. The highest BCUT2D eigenvalue weighted by Crippen LogP contribution is 2.33. The third kappa shape index (κ3) is 3.21. The summed E-state index contributed by atoms with van der Waals surface area (Å²) in [6.07, 6.45) is 1.39. The maximum absolute atomic E-state index is 10.7. The third-order valence-corrected chi connectivity index (χ3v) is 2.47. The minimum absolute atomic E-state index is 0.0464. The molecule has 0 spiro atoms. The molecule has 0 atom stereocenters. The van der Waals surface area contributed by atoms with Gasteiger partial charge in [0, 0.05) is 12.3 Å². The molecule has 0 aliphatic carbocycles. The largest absolute Gasteiger partial charge is 0.493 e. The summed E-state index contributed by atoms with van der Waals surface area (Å²) in [5, 5.41) is 18.0. The van der Waals surface area contributed by atoms with E-state index in [0.717, 1.165) is 0 Å². The van der Waals surface area contributed by atoms with Crippen molar-refractivity contribution in [3.8, 4) is 17.5 Å². The van der Waals surface area contributed by atoms with Crippen molar-refractivity contribution in [3.05, 3.63) is 46.3 Å². The van der Waals surface area contributed by atoms with E-state index in [9.17, 15) is 10.1 Å². The number of nitrogens with two attached hydrogens (primary N) is 1. The average molecular weight is 289 g/mol. The number of aromatic nitrogens is 2. The molecule has 0 saturated heterocycles. The molecule has 2 rings (SSSR count). The molecule has 21 heavy (non-hydrogen) atoms. The lowest BCUT2D eigenvalue weighted by atomic mass is 10.3. The fourth-order valence-electron chi connectivity index (χ4n) is 1.49. The van der Waals surface area contributed by atoms with Crippen LogP contribution in [0.2, 0.25) is 0 Å². The Balaban J connectivity index is 2.33. The molecule has 0 saturated carbocycles. The van der Waals surface area contributed by atoms with Crippen LogP contribution in [0.25, 0.3) is 0 Å². The zero-order chi connectivity index (χ0) is 15.4. The first-order valence-corrected chi connectivity index (χ1v) is 5.69. The Kier molecular flexibility index (Phi) is 3.93. The van der Waals surface area contributed by atoms with Crippen molar-refractivity contribution < 1.29 is 14.4 Å². The number of nitrogens with one attached hydrogen (secondary N) is 1. The Labute approximate surface area is 119 Å². The summed E-state index contributed by atoms with van der Waals surface area (Å²) in [5.41, 5.74) is 5.40. The van der Waals surface area contributed by atoms with Crippen LogP contribution < -0.4 is 15.2 Å². The fraction of sp³-hybridized carbons (Fsp3) is 0.0833. The van der Waals surface area contributed by atoms with Crippen LogP contribution in [-0.2, 0) is 0 Å². The predicted molar refractivity (Wildman–Crippen MR) is 72.8 cm³/mol. The smallest absolute Gasteiger partial charge is 0.322 e. The summed E-state index contributed by atoms with van der Waals surface area (Å²) in [6.45, 7) is 0. The maximum Gasteiger partial charge on any atom is 0.322 e. The molecule has 0 fully saturated rings. The summed E-state index contributed by atoms with van der Waals surface area (Å²) < 4.78 is 10.4. The predicted octanol–water partition coefficient (Wildman–Crippen LogP) is 1.47. The van der Waals surface area contributed by atoms with E-state index >= 15 is 0 Å². The topological polar surface area (TPSA) is 137 Å². The van der Waals surface area contributed by atoms with Gasteiger partial charge in [0.05, 0.1) is 18.1 Å². The highest BCUT2D eigenvalue weighted by Gasteiger charge is 2.14. The van der Waals surface area contributed by atoms with E-state index in [-0.39, 0.29) is 34.7 Å². The average Bonchev–Trinajstić information content (AvgIpc) is 2.47. The summed E-state index contributed by atoms with van der Waals surface area (Å²) in [4.78, 5) is 18.0. The number of hydrogen-bond acceptors (Lipinski definition) is 7. The van der Waals surface area contributed by atoms with Gasteiger partial charge in [-0.1, -0.05) is 0 Å². The Hall–Kier alpha value is -3.23. The first kappa shape index (κ1) is 14.2. The molecule has 1 aromatic heterocycles. The second-order valence-corrected chi connectivity index (χ2v) is 3.83. The van der Waals surface area contributed by atoms with E-state index < -0.39 is 4.92 Å². The molecular weight excluding hydrogens is 278 g/mol. The van der Waals surface area contributed by atoms with Crippen molar-refractivity contribution in [2.75, 3.05) is 7.11 Å². The molecule has 0 aliphatic heterocycles. The van der Waals surface area contributed by atoms with Crippen molar-refractivity contribution in [1.82, 2.24) is 9.97 Å². The number of methoxy groups -OCH3 is 1. The number of nitrogens with zero attached hydrogens (tertiary/aromatic N) is 3. The zero-order valence-corrected chi connectivity index (χ0v) is 10.9. The molecule has 0 bridgehead atoms. The number of nitrogen functional groups attached to an aromatic ring is 1. The molecule has 0 radical (unpaired) electrons. The zero-order valence-electron chi connectivity index (χ0n) is 10.9. The molecule has 2 aromatic rings. The molecule has 108 valence electrons. The van der Waals surface area contributed by atoms with Gasteiger partial charge in [0.25, 0.3) is 5.69 Å². The molecular formula is C12H11N5O4. The fourth-order valence-corrected chi connectivity index (χ4v) is 1.49. The number of nitro benzene ring substituents is 1. The van der Waals surface area contributed by atoms with Gasteiger partial charge in [0.15, 0.2) is 11.5 Å². The minimum Gasteiger partial charge on any atom is -0.493 e. The van der Waals surface area contributed by atoms with Gasteiger partial charge in [-0.25, -0.2) is 4.98 Å². The standard InChI is InChI=1S/C12H11N5O4/c1-20-10-6-7(17(18)19)2-3-9(10)21-12-15-5-4-8(16-12)11(13)14/h2-6H,1H3,(H3,13,14). The summed E-state index contributed by atoms with van der Waals surface area (Å²) >= 11 is 0. The Morgan fingerprint density at radius 3 is 2.76 bits per heavy atom. The normalized spacial score (nSPS) is 9.95. The number of rotatable bonds is 5. The lowest BCUT2D eigenvalue weighted by Gasteiger charge is -2.09. The molecule has 0 unspecified atom stereocenters. The van der Waals surface area contributed by atoms with Crippen LogP contribution in [0.5, 0.6) is 17.5 Å². The second kappa shape index (κ2) is 5.82. The van der Waals surface area contributed by atoms with Crippen molar-refractivity contribution >= 4 is 11.5 Å². The second-order valence-electron chi connectivity index (χ2n) is 3.83. The van der Waals surface area contributed by atoms with Gasteiger partial charge in [-0.05, 0) is 12.1 Å². The number of ether oxygens (including phenoxy) is 2. The van der Waals surface area contributed by atoms with E-state index in [1.165, 1.54) is 37.6 Å². The lowest BCUT2D eigenvalue weighted by molar-refractivity contribution is -0.384. The van der Waals surface area contributed by atoms with E-state index in [0.29, 0.717) is 0 Å². The van der Waals surface area contributed by atoms with Gasteiger partial charge in [0.1, 0.15) is 11.5 Å². The molecule has 9 heteroatoms. The highest BCUT2D eigenvalue weighted by atomic mass is 16.6.